The standard InChI is InChI=1S/C27H23BrN2O4/c28-22-15-8-14-21(18-22)25(31)29-23(16-7-13-19-9-3-1-4-10-19)26(32)30-24(27(33)34)17-20-11-5-2-6-12-20/h1-16,18,24H,17H2,(H,29,31)(H,30,32)(H,33,34)/p-1/b13-7+,23-16+/t24-/m0/s1. The van der Waals surface area contributed by atoms with E-state index in [4.69, 9.17) is 0 Å². The Hall–Kier alpha value is -3.97. The summed E-state index contributed by atoms with van der Waals surface area (Å²) in [6, 6.07) is 23.7. The number of rotatable bonds is 9. The van der Waals surface area contributed by atoms with E-state index in [1.54, 1.807) is 60.7 Å². The highest BCUT2D eigenvalue weighted by atomic mass is 79.9. The second-order valence-electron chi connectivity index (χ2n) is 7.35. The monoisotopic (exact) mass is 517 g/mol. The lowest BCUT2D eigenvalue weighted by molar-refractivity contribution is -0.308. The highest BCUT2D eigenvalue weighted by Gasteiger charge is 2.19. The summed E-state index contributed by atoms with van der Waals surface area (Å²) in [5.74, 6) is -2.68. The number of benzene rings is 3. The number of hydrogen-bond donors (Lipinski definition) is 2. The molecule has 0 saturated carbocycles. The van der Waals surface area contributed by atoms with Crippen LogP contribution in [-0.2, 0) is 16.0 Å². The number of carboxylic acid groups (broad SMARTS) is 1. The van der Waals surface area contributed by atoms with Gasteiger partial charge in [0.25, 0.3) is 11.8 Å². The third-order valence-corrected chi connectivity index (χ3v) is 5.30. The summed E-state index contributed by atoms with van der Waals surface area (Å²) in [6.07, 6.45) is 4.84. The molecule has 0 aliphatic carbocycles. The van der Waals surface area contributed by atoms with Crippen molar-refractivity contribution < 1.29 is 19.5 Å². The van der Waals surface area contributed by atoms with Crippen molar-refractivity contribution in [1.82, 2.24) is 10.6 Å². The number of aliphatic carboxylic acids is 1. The van der Waals surface area contributed by atoms with Crippen LogP contribution in [0.1, 0.15) is 21.5 Å². The van der Waals surface area contributed by atoms with Crippen LogP contribution in [0.3, 0.4) is 0 Å². The van der Waals surface area contributed by atoms with Crippen LogP contribution >= 0.6 is 15.9 Å². The smallest absolute Gasteiger partial charge is 0.268 e. The Morgan fingerprint density at radius 3 is 2.24 bits per heavy atom. The average molecular weight is 518 g/mol. The van der Waals surface area contributed by atoms with Crippen LogP contribution in [-0.4, -0.2) is 23.8 Å². The first-order valence-corrected chi connectivity index (χ1v) is 11.3. The maximum absolute atomic E-state index is 13.0. The molecule has 6 nitrogen and oxygen atoms in total. The van der Waals surface area contributed by atoms with Gasteiger partial charge < -0.3 is 20.5 Å². The second-order valence-corrected chi connectivity index (χ2v) is 8.27. The van der Waals surface area contributed by atoms with E-state index in [-0.39, 0.29) is 12.1 Å². The molecule has 0 saturated heterocycles. The highest BCUT2D eigenvalue weighted by molar-refractivity contribution is 9.10. The largest absolute Gasteiger partial charge is 0.548 e. The normalized spacial score (nSPS) is 12.2. The molecule has 0 aliphatic heterocycles. The molecule has 3 rings (SSSR count). The van der Waals surface area contributed by atoms with Gasteiger partial charge in [0.2, 0.25) is 0 Å². The van der Waals surface area contributed by atoms with Crippen molar-refractivity contribution in [2.24, 2.45) is 0 Å². The minimum absolute atomic E-state index is 0.0433. The molecule has 0 spiro atoms. The number of carboxylic acids is 1. The third-order valence-electron chi connectivity index (χ3n) is 4.80. The molecule has 2 amide bonds. The van der Waals surface area contributed by atoms with E-state index in [0.29, 0.717) is 10.0 Å². The van der Waals surface area contributed by atoms with Gasteiger partial charge in [0, 0.05) is 10.0 Å². The Bertz CT molecular complexity index is 1210. The van der Waals surface area contributed by atoms with E-state index < -0.39 is 23.8 Å². The average Bonchev–Trinajstić information content (AvgIpc) is 2.84. The lowest BCUT2D eigenvalue weighted by Crippen LogP contribution is -2.50. The van der Waals surface area contributed by atoms with Gasteiger partial charge >= 0.3 is 0 Å². The summed E-state index contributed by atoms with van der Waals surface area (Å²) < 4.78 is 0.707. The molecule has 0 unspecified atom stereocenters. The van der Waals surface area contributed by atoms with Crippen LogP contribution in [0.4, 0.5) is 0 Å². The van der Waals surface area contributed by atoms with Crippen LogP contribution in [0.25, 0.3) is 6.08 Å². The van der Waals surface area contributed by atoms with Crippen LogP contribution in [0.2, 0.25) is 0 Å². The summed E-state index contributed by atoms with van der Waals surface area (Å²) in [7, 11) is 0. The number of halogens is 1. The predicted molar refractivity (Wildman–Crippen MR) is 132 cm³/mol. The third kappa shape index (κ3) is 7.56. The number of nitrogens with one attached hydrogen (secondary N) is 2. The first-order chi connectivity index (χ1) is 16.4. The lowest BCUT2D eigenvalue weighted by Gasteiger charge is -2.21. The zero-order valence-electron chi connectivity index (χ0n) is 18.1. The van der Waals surface area contributed by atoms with Crippen molar-refractivity contribution in [1.29, 1.82) is 0 Å². The van der Waals surface area contributed by atoms with Crippen molar-refractivity contribution in [3.05, 3.63) is 124 Å². The molecule has 172 valence electrons. The molecule has 34 heavy (non-hydrogen) atoms. The molecule has 0 aromatic heterocycles. The molecule has 0 fully saturated rings. The SMILES string of the molecule is O=C(N[C@@H](Cc1ccccc1)C(=O)[O-])/C(=C\C=C\c1ccccc1)NC(=O)c1cccc(Br)c1. The predicted octanol–water partition coefficient (Wildman–Crippen LogP) is 3.25. The van der Waals surface area contributed by atoms with E-state index >= 15 is 0 Å². The lowest BCUT2D eigenvalue weighted by atomic mass is 10.1. The quantitative estimate of drug-likeness (QED) is 0.336. The zero-order valence-corrected chi connectivity index (χ0v) is 19.7. The number of hydrogen-bond acceptors (Lipinski definition) is 4. The van der Waals surface area contributed by atoms with Crippen LogP contribution in [0.15, 0.2) is 107 Å². The minimum Gasteiger partial charge on any atom is -0.548 e. The Morgan fingerprint density at radius 2 is 1.59 bits per heavy atom. The van der Waals surface area contributed by atoms with E-state index in [1.807, 2.05) is 36.4 Å². The van der Waals surface area contributed by atoms with Gasteiger partial charge in [-0.15, -0.1) is 0 Å². The Labute approximate surface area is 206 Å². The van der Waals surface area contributed by atoms with Gasteiger partial charge in [-0.3, -0.25) is 9.59 Å². The van der Waals surface area contributed by atoms with Crippen LogP contribution in [0, 0.1) is 0 Å². The van der Waals surface area contributed by atoms with E-state index in [1.165, 1.54) is 6.08 Å². The molecular formula is C27H22BrN2O4-. The Morgan fingerprint density at radius 1 is 0.912 bits per heavy atom. The minimum atomic E-state index is -1.42. The van der Waals surface area contributed by atoms with E-state index in [2.05, 4.69) is 26.6 Å². The summed E-state index contributed by atoms with van der Waals surface area (Å²) in [4.78, 5) is 37.4. The van der Waals surface area contributed by atoms with Crippen LogP contribution < -0.4 is 15.7 Å². The first kappa shape index (κ1) is 24.7. The van der Waals surface area contributed by atoms with E-state index in [0.717, 1.165) is 11.1 Å². The summed E-state index contributed by atoms with van der Waals surface area (Å²) >= 11 is 3.32. The van der Waals surface area contributed by atoms with Gasteiger partial charge in [0.15, 0.2) is 0 Å². The van der Waals surface area contributed by atoms with Gasteiger partial charge in [-0.25, -0.2) is 0 Å². The molecule has 0 heterocycles. The van der Waals surface area contributed by atoms with Crippen molar-refractivity contribution >= 4 is 39.8 Å². The van der Waals surface area contributed by atoms with Gasteiger partial charge in [0.1, 0.15) is 5.70 Å². The number of amides is 2. The molecule has 1 atom stereocenters. The summed E-state index contributed by atoms with van der Waals surface area (Å²) in [6.45, 7) is 0. The van der Waals surface area contributed by atoms with Crippen LogP contribution in [0.5, 0.6) is 0 Å². The number of carbonyl (C=O) groups is 3. The second kappa shape index (κ2) is 12.3. The fraction of sp³-hybridized carbons (Fsp3) is 0.0741. The van der Waals surface area contributed by atoms with E-state index in [9.17, 15) is 19.5 Å². The molecule has 3 aromatic carbocycles. The van der Waals surface area contributed by atoms with Gasteiger partial charge in [-0.05, 0) is 41.8 Å². The summed E-state index contributed by atoms with van der Waals surface area (Å²) in [5.41, 5.74) is 1.86. The highest BCUT2D eigenvalue weighted by Crippen LogP contribution is 2.12. The first-order valence-electron chi connectivity index (χ1n) is 10.5. The van der Waals surface area contributed by atoms with Crippen molar-refractivity contribution in [2.75, 3.05) is 0 Å². The summed E-state index contributed by atoms with van der Waals surface area (Å²) in [5, 5.41) is 16.7. The molecule has 3 aromatic rings. The van der Waals surface area contributed by atoms with Gasteiger partial charge in [-0.1, -0.05) is 94.8 Å². The van der Waals surface area contributed by atoms with Crippen molar-refractivity contribution in [3.8, 4) is 0 Å². The number of allylic oxidation sites excluding steroid dienone is 2. The topological polar surface area (TPSA) is 98.3 Å². The maximum atomic E-state index is 13.0. The molecular weight excluding hydrogens is 496 g/mol. The Kier molecular flexibility index (Phi) is 8.94. The molecule has 7 heteroatoms. The Balaban J connectivity index is 1.82. The van der Waals surface area contributed by atoms with Crippen molar-refractivity contribution in [2.45, 2.75) is 12.5 Å². The molecule has 0 bridgehead atoms. The van der Waals surface area contributed by atoms with Gasteiger partial charge in [0.05, 0.1) is 12.0 Å². The van der Waals surface area contributed by atoms with Gasteiger partial charge in [-0.2, -0.15) is 0 Å². The fourth-order valence-electron chi connectivity index (χ4n) is 3.10. The fourth-order valence-corrected chi connectivity index (χ4v) is 3.50. The molecule has 0 aliphatic rings. The number of carbonyl (C=O) groups excluding carboxylic acids is 3. The zero-order chi connectivity index (χ0) is 24.3. The maximum Gasteiger partial charge on any atom is 0.268 e. The van der Waals surface area contributed by atoms with Crippen molar-refractivity contribution in [3.63, 3.8) is 0 Å². The molecule has 0 radical (unpaired) electrons. The molecule has 2 N–H and O–H groups in total.